The fourth-order valence-electron chi connectivity index (χ4n) is 1.30. The molecule has 1 aliphatic rings. The summed E-state index contributed by atoms with van der Waals surface area (Å²) >= 11 is 0. The molecule has 0 atom stereocenters. The van der Waals surface area contributed by atoms with Gasteiger partial charge in [-0.15, -0.1) is 0 Å². The molecule has 0 unspecified atom stereocenters. The zero-order valence-corrected chi connectivity index (χ0v) is 7.54. The number of aromatic carboxylic acids is 1. The molecule has 0 radical (unpaired) electrons. The highest BCUT2D eigenvalue weighted by molar-refractivity contribution is 5.94. The summed E-state index contributed by atoms with van der Waals surface area (Å²) in [6, 6.07) is 0.623. The summed E-state index contributed by atoms with van der Waals surface area (Å²) in [5.41, 5.74) is -0.103. The van der Waals surface area contributed by atoms with E-state index in [2.05, 4.69) is 10.2 Å². The van der Waals surface area contributed by atoms with Gasteiger partial charge in [0.2, 0.25) is 0 Å². The molecule has 1 saturated heterocycles. The maximum Gasteiger partial charge on any atom is 0.353 e. The molecule has 80 valence electrons. The quantitative estimate of drug-likeness (QED) is 0.585. The molecule has 3 N–H and O–H groups in total. The molecule has 1 aromatic rings. The third-order valence-electron chi connectivity index (χ3n) is 2.06. The molecule has 15 heavy (non-hydrogen) atoms. The summed E-state index contributed by atoms with van der Waals surface area (Å²) in [5.74, 6) is -0.963. The van der Waals surface area contributed by atoms with Gasteiger partial charge in [0.05, 0.1) is 6.54 Å². The van der Waals surface area contributed by atoms with E-state index in [1.54, 1.807) is 0 Å². The molecule has 2 heterocycles. The van der Waals surface area contributed by atoms with Crippen molar-refractivity contribution in [2.24, 2.45) is 0 Å². The minimum atomic E-state index is -1.15. The third-order valence-corrected chi connectivity index (χ3v) is 2.06. The van der Waals surface area contributed by atoms with Crippen molar-refractivity contribution in [3.63, 3.8) is 0 Å². The fourth-order valence-corrected chi connectivity index (χ4v) is 1.30. The van der Waals surface area contributed by atoms with Gasteiger partial charge in [0.1, 0.15) is 5.69 Å². The standard InChI is InChI=1S/C7H8N4O4/c12-6(13)4-3-5(9-8-4)10-1-2-11(15)7(10)14/h3,15H,1-2H2,(H,8,9)(H,12,13). The second-order valence-electron chi connectivity index (χ2n) is 3.00. The summed E-state index contributed by atoms with van der Waals surface area (Å²) < 4.78 is 0. The molecule has 0 aromatic carbocycles. The lowest BCUT2D eigenvalue weighted by Gasteiger charge is -2.10. The van der Waals surface area contributed by atoms with Crippen LogP contribution in [0, 0.1) is 0 Å². The van der Waals surface area contributed by atoms with E-state index in [1.165, 1.54) is 11.0 Å². The number of rotatable bonds is 2. The van der Waals surface area contributed by atoms with E-state index in [0.717, 1.165) is 0 Å². The molecule has 8 heteroatoms. The normalized spacial score (nSPS) is 16.2. The average Bonchev–Trinajstić information content (AvgIpc) is 2.76. The summed E-state index contributed by atoms with van der Waals surface area (Å²) in [6.45, 7) is 0.452. The van der Waals surface area contributed by atoms with Crippen molar-refractivity contribution in [2.75, 3.05) is 18.0 Å². The Labute approximate surface area is 83.7 Å². The molecule has 8 nitrogen and oxygen atoms in total. The monoisotopic (exact) mass is 212 g/mol. The minimum Gasteiger partial charge on any atom is -0.477 e. The number of hydroxylamine groups is 2. The van der Waals surface area contributed by atoms with Crippen LogP contribution in [0.5, 0.6) is 0 Å². The maximum absolute atomic E-state index is 11.3. The van der Waals surface area contributed by atoms with Crippen molar-refractivity contribution in [3.05, 3.63) is 11.8 Å². The van der Waals surface area contributed by atoms with Crippen molar-refractivity contribution < 1.29 is 19.9 Å². The first kappa shape index (κ1) is 9.46. The van der Waals surface area contributed by atoms with Crippen molar-refractivity contribution in [2.45, 2.75) is 0 Å². The highest BCUT2D eigenvalue weighted by Crippen LogP contribution is 2.17. The van der Waals surface area contributed by atoms with Crippen LogP contribution in [0.15, 0.2) is 6.07 Å². The number of hydrogen-bond donors (Lipinski definition) is 3. The van der Waals surface area contributed by atoms with Gasteiger partial charge in [0.25, 0.3) is 0 Å². The molecule has 0 spiro atoms. The van der Waals surface area contributed by atoms with Crippen LogP contribution in [0.1, 0.15) is 10.5 Å². The molecule has 1 aromatic heterocycles. The Bertz CT molecular complexity index is 415. The Morgan fingerprint density at radius 1 is 1.53 bits per heavy atom. The van der Waals surface area contributed by atoms with Gasteiger partial charge in [0, 0.05) is 12.6 Å². The predicted molar refractivity (Wildman–Crippen MR) is 46.8 cm³/mol. The van der Waals surface area contributed by atoms with Crippen molar-refractivity contribution in [1.82, 2.24) is 15.3 Å². The molecule has 0 aliphatic carbocycles. The molecular formula is C7H8N4O4. The Morgan fingerprint density at radius 3 is 2.73 bits per heavy atom. The smallest absolute Gasteiger partial charge is 0.353 e. The summed E-state index contributed by atoms with van der Waals surface area (Å²) in [4.78, 5) is 23.0. The largest absolute Gasteiger partial charge is 0.477 e. The summed E-state index contributed by atoms with van der Waals surface area (Å²) in [7, 11) is 0. The van der Waals surface area contributed by atoms with Crippen LogP contribution in [0.4, 0.5) is 10.6 Å². The Balaban J connectivity index is 2.23. The second kappa shape index (κ2) is 3.24. The number of aromatic nitrogens is 2. The van der Waals surface area contributed by atoms with Gasteiger partial charge in [-0.25, -0.2) is 14.7 Å². The lowest BCUT2D eigenvalue weighted by Crippen LogP contribution is -2.29. The van der Waals surface area contributed by atoms with Gasteiger partial charge < -0.3 is 5.11 Å². The van der Waals surface area contributed by atoms with Gasteiger partial charge in [-0.05, 0) is 0 Å². The van der Waals surface area contributed by atoms with Gasteiger partial charge in [0.15, 0.2) is 5.82 Å². The fraction of sp³-hybridized carbons (Fsp3) is 0.286. The van der Waals surface area contributed by atoms with Crippen LogP contribution in [0.2, 0.25) is 0 Å². The van der Waals surface area contributed by atoms with Gasteiger partial charge >= 0.3 is 12.0 Å². The highest BCUT2D eigenvalue weighted by Gasteiger charge is 2.30. The first-order valence-electron chi connectivity index (χ1n) is 4.16. The number of carbonyl (C=O) groups is 2. The number of hydrogen-bond acceptors (Lipinski definition) is 4. The van der Waals surface area contributed by atoms with Gasteiger partial charge in [-0.1, -0.05) is 0 Å². The number of H-pyrrole nitrogens is 1. The number of nitrogens with one attached hydrogen (secondary N) is 1. The van der Waals surface area contributed by atoms with Crippen molar-refractivity contribution >= 4 is 17.8 Å². The van der Waals surface area contributed by atoms with Crippen molar-refractivity contribution in [3.8, 4) is 0 Å². The van der Waals surface area contributed by atoms with Crippen LogP contribution in [0.25, 0.3) is 0 Å². The van der Waals surface area contributed by atoms with E-state index in [1.807, 2.05) is 0 Å². The number of aromatic amines is 1. The SMILES string of the molecule is O=C(O)c1cc(N2CCN(O)C2=O)n[nH]1. The van der Waals surface area contributed by atoms with E-state index >= 15 is 0 Å². The molecule has 1 fully saturated rings. The Kier molecular flexibility index (Phi) is 2.05. The number of carboxylic acids is 1. The van der Waals surface area contributed by atoms with E-state index < -0.39 is 12.0 Å². The third kappa shape index (κ3) is 1.50. The maximum atomic E-state index is 11.3. The van der Waals surface area contributed by atoms with E-state index in [-0.39, 0.29) is 24.6 Å². The van der Waals surface area contributed by atoms with Crippen LogP contribution in [0.3, 0.4) is 0 Å². The van der Waals surface area contributed by atoms with Crippen LogP contribution < -0.4 is 4.90 Å². The summed E-state index contributed by atoms with van der Waals surface area (Å²) in [6.07, 6.45) is 0. The lowest BCUT2D eigenvalue weighted by atomic mass is 10.4. The molecule has 0 bridgehead atoms. The Hall–Kier alpha value is -2.09. The predicted octanol–water partition coefficient (Wildman–Crippen LogP) is -0.261. The average molecular weight is 212 g/mol. The Morgan fingerprint density at radius 2 is 2.27 bits per heavy atom. The number of carboxylic acid groups (broad SMARTS) is 1. The zero-order chi connectivity index (χ0) is 11.0. The molecule has 2 rings (SSSR count). The van der Waals surface area contributed by atoms with Crippen LogP contribution >= 0.6 is 0 Å². The number of nitrogens with zero attached hydrogens (tertiary/aromatic N) is 3. The number of anilines is 1. The second-order valence-corrected chi connectivity index (χ2v) is 3.00. The van der Waals surface area contributed by atoms with Gasteiger partial charge in [-0.3, -0.25) is 15.2 Å². The first-order chi connectivity index (χ1) is 7.09. The van der Waals surface area contributed by atoms with E-state index in [9.17, 15) is 9.59 Å². The molecule has 2 amide bonds. The first-order valence-corrected chi connectivity index (χ1v) is 4.16. The van der Waals surface area contributed by atoms with Crippen molar-refractivity contribution in [1.29, 1.82) is 0 Å². The number of amides is 2. The van der Waals surface area contributed by atoms with Crippen LogP contribution in [-0.4, -0.2) is 50.7 Å². The van der Waals surface area contributed by atoms with Crippen LogP contribution in [-0.2, 0) is 0 Å². The molecule has 0 saturated carbocycles. The number of carbonyl (C=O) groups excluding carboxylic acids is 1. The van der Waals surface area contributed by atoms with E-state index in [4.69, 9.17) is 10.3 Å². The topological polar surface area (TPSA) is 110 Å². The lowest BCUT2D eigenvalue weighted by molar-refractivity contribution is -0.0231. The summed E-state index contributed by atoms with van der Waals surface area (Å²) in [5, 5.41) is 24.1. The zero-order valence-electron chi connectivity index (χ0n) is 7.54. The molecular weight excluding hydrogens is 204 g/mol. The van der Waals surface area contributed by atoms with Gasteiger partial charge in [-0.2, -0.15) is 5.10 Å². The minimum absolute atomic E-state index is 0.103. The number of urea groups is 1. The van der Waals surface area contributed by atoms with E-state index in [0.29, 0.717) is 5.06 Å². The molecule has 1 aliphatic heterocycles. The highest BCUT2D eigenvalue weighted by atomic mass is 16.5.